The summed E-state index contributed by atoms with van der Waals surface area (Å²) in [5.41, 5.74) is 1.51. The molecule has 3 heterocycles. The number of benzene rings is 2. The van der Waals surface area contributed by atoms with E-state index in [0.29, 0.717) is 39.4 Å². The van der Waals surface area contributed by atoms with E-state index in [1.807, 2.05) is 13.0 Å². The van der Waals surface area contributed by atoms with Crippen LogP contribution in [-0.2, 0) is 0 Å². The number of hydrogen-bond acceptors (Lipinski definition) is 9. The molecule has 10 heteroatoms. The van der Waals surface area contributed by atoms with Gasteiger partial charge < -0.3 is 18.9 Å². The molecule has 30 heavy (non-hydrogen) atoms. The van der Waals surface area contributed by atoms with Gasteiger partial charge in [0.25, 0.3) is 5.56 Å². The van der Waals surface area contributed by atoms with Crippen LogP contribution in [0.4, 0.5) is 11.9 Å². The van der Waals surface area contributed by atoms with Gasteiger partial charge in [-0.1, -0.05) is 0 Å². The summed E-state index contributed by atoms with van der Waals surface area (Å²) >= 11 is 0. The topological polar surface area (TPSA) is 120 Å². The number of aryl methyl sites for hydroxylation is 1. The summed E-state index contributed by atoms with van der Waals surface area (Å²) in [6.07, 6.45) is 0. The van der Waals surface area contributed by atoms with Gasteiger partial charge in [-0.05, 0) is 25.1 Å². The van der Waals surface area contributed by atoms with Crippen molar-refractivity contribution in [1.29, 1.82) is 0 Å². The van der Waals surface area contributed by atoms with Crippen LogP contribution in [0.3, 0.4) is 0 Å². The van der Waals surface area contributed by atoms with Crippen molar-refractivity contribution in [3.8, 4) is 23.0 Å². The van der Waals surface area contributed by atoms with Gasteiger partial charge in [0.1, 0.15) is 5.39 Å². The Kier molecular flexibility index (Phi) is 4.05. The first-order valence-electron chi connectivity index (χ1n) is 9.07. The summed E-state index contributed by atoms with van der Waals surface area (Å²) in [6.45, 7) is 1.94. The van der Waals surface area contributed by atoms with E-state index >= 15 is 0 Å². The number of anilines is 2. The van der Waals surface area contributed by atoms with E-state index in [-0.39, 0.29) is 24.2 Å². The molecule has 0 saturated heterocycles. The summed E-state index contributed by atoms with van der Waals surface area (Å²) < 4.78 is 21.4. The number of ether oxygens (including phenoxy) is 4. The number of fused-ring (bicyclic) bond motifs is 4. The van der Waals surface area contributed by atoms with Crippen molar-refractivity contribution in [2.75, 3.05) is 26.3 Å². The minimum absolute atomic E-state index is 0.0757. The van der Waals surface area contributed by atoms with E-state index in [0.717, 1.165) is 11.1 Å². The quantitative estimate of drug-likeness (QED) is 0.526. The zero-order valence-corrected chi connectivity index (χ0v) is 16.4. The second kappa shape index (κ2) is 6.76. The molecular weight excluding hydrogens is 390 g/mol. The Labute approximate surface area is 169 Å². The van der Waals surface area contributed by atoms with Crippen LogP contribution in [0.2, 0.25) is 0 Å². The third kappa shape index (κ3) is 2.81. The normalized spacial score (nSPS) is 12.4. The maximum atomic E-state index is 12.6. The minimum atomic E-state index is -0.353. The first-order chi connectivity index (χ1) is 14.6. The Morgan fingerprint density at radius 3 is 2.63 bits per heavy atom. The van der Waals surface area contributed by atoms with Crippen LogP contribution in [0.25, 0.3) is 21.8 Å². The fourth-order valence-electron chi connectivity index (χ4n) is 3.42. The minimum Gasteiger partial charge on any atom is -0.493 e. The highest BCUT2D eigenvalue weighted by molar-refractivity contribution is 5.89. The van der Waals surface area contributed by atoms with Crippen molar-refractivity contribution >= 4 is 33.7 Å². The van der Waals surface area contributed by atoms with Gasteiger partial charge in [-0.25, -0.2) is 15.0 Å². The van der Waals surface area contributed by atoms with Crippen LogP contribution < -0.4 is 29.8 Å². The van der Waals surface area contributed by atoms with Crippen molar-refractivity contribution in [1.82, 2.24) is 19.9 Å². The number of hydrogen-bond donors (Lipinski definition) is 2. The lowest BCUT2D eigenvalue weighted by Crippen LogP contribution is -2.13. The molecule has 0 fully saturated rings. The van der Waals surface area contributed by atoms with Gasteiger partial charge in [-0.3, -0.25) is 15.1 Å². The third-order valence-electron chi connectivity index (χ3n) is 4.83. The summed E-state index contributed by atoms with van der Waals surface area (Å²) in [7, 11) is 3.14. The molecule has 0 bridgehead atoms. The van der Waals surface area contributed by atoms with Crippen molar-refractivity contribution in [2.45, 2.75) is 6.92 Å². The highest BCUT2D eigenvalue weighted by Gasteiger charge is 2.20. The molecule has 152 valence electrons. The number of nitrogens with zero attached hydrogens (tertiary/aromatic N) is 3. The second-order valence-corrected chi connectivity index (χ2v) is 6.59. The zero-order valence-electron chi connectivity index (χ0n) is 16.4. The monoisotopic (exact) mass is 407 g/mol. The maximum absolute atomic E-state index is 12.6. The molecule has 10 nitrogen and oxygen atoms in total. The van der Waals surface area contributed by atoms with Gasteiger partial charge in [0.15, 0.2) is 23.0 Å². The third-order valence-corrected chi connectivity index (χ3v) is 4.83. The van der Waals surface area contributed by atoms with Gasteiger partial charge in [0.2, 0.25) is 18.7 Å². The van der Waals surface area contributed by atoms with E-state index in [1.165, 1.54) is 0 Å². The van der Waals surface area contributed by atoms with E-state index in [4.69, 9.17) is 18.9 Å². The maximum Gasteiger partial charge on any atom is 0.264 e. The molecule has 2 aromatic carbocycles. The molecule has 0 amide bonds. The molecule has 0 atom stereocenters. The molecule has 0 saturated carbocycles. The van der Waals surface area contributed by atoms with Gasteiger partial charge in [0, 0.05) is 11.5 Å². The van der Waals surface area contributed by atoms with Gasteiger partial charge in [-0.2, -0.15) is 0 Å². The molecule has 0 aliphatic carbocycles. The highest BCUT2D eigenvalue weighted by Crippen LogP contribution is 2.37. The van der Waals surface area contributed by atoms with Crippen molar-refractivity contribution in [3.05, 3.63) is 40.3 Å². The lowest BCUT2D eigenvalue weighted by Gasteiger charge is -2.12. The van der Waals surface area contributed by atoms with Crippen LogP contribution in [0.5, 0.6) is 23.0 Å². The number of aromatic amines is 1. The van der Waals surface area contributed by atoms with E-state index < -0.39 is 0 Å². The molecule has 0 spiro atoms. The van der Waals surface area contributed by atoms with Crippen molar-refractivity contribution in [3.63, 3.8) is 0 Å². The Hall–Kier alpha value is -4.08. The largest absolute Gasteiger partial charge is 0.493 e. The molecule has 5 rings (SSSR count). The van der Waals surface area contributed by atoms with E-state index in [2.05, 4.69) is 25.3 Å². The Morgan fingerprint density at radius 1 is 1.03 bits per heavy atom. The Balaban J connectivity index is 1.58. The molecule has 0 unspecified atom stereocenters. The molecule has 0 radical (unpaired) electrons. The van der Waals surface area contributed by atoms with E-state index in [1.54, 1.807) is 32.4 Å². The number of aromatic nitrogens is 4. The zero-order chi connectivity index (χ0) is 20.8. The average Bonchev–Trinajstić information content (AvgIpc) is 3.21. The molecule has 1 aliphatic rings. The first-order valence-corrected chi connectivity index (χ1v) is 9.07. The lowest BCUT2D eigenvalue weighted by atomic mass is 10.1. The predicted molar refractivity (Wildman–Crippen MR) is 109 cm³/mol. The number of nitrogens with one attached hydrogen (secondary N) is 2. The SMILES string of the molecule is COc1cc2nc(Nc3nc4ccc5c(c4c(=O)[nH]3)OCO5)nc(C)c2cc1OC. The lowest BCUT2D eigenvalue weighted by molar-refractivity contribution is 0.175. The predicted octanol–water partition coefficient (Wildman–Crippen LogP) is 2.66. The van der Waals surface area contributed by atoms with E-state index in [9.17, 15) is 4.79 Å². The molecule has 1 aliphatic heterocycles. The van der Waals surface area contributed by atoms with Crippen LogP contribution >= 0.6 is 0 Å². The Bertz CT molecular complexity index is 1370. The van der Waals surface area contributed by atoms with Crippen molar-refractivity contribution in [2.24, 2.45) is 0 Å². The average molecular weight is 407 g/mol. The first kappa shape index (κ1) is 18.0. The smallest absolute Gasteiger partial charge is 0.264 e. The molecule has 4 aromatic rings. The van der Waals surface area contributed by atoms with Crippen LogP contribution in [-0.4, -0.2) is 40.9 Å². The summed E-state index contributed by atoms with van der Waals surface area (Å²) in [5, 5.41) is 4.13. The number of rotatable bonds is 4. The van der Waals surface area contributed by atoms with Crippen LogP contribution in [0, 0.1) is 6.92 Å². The summed E-state index contributed by atoms with van der Waals surface area (Å²) in [6, 6.07) is 7.02. The summed E-state index contributed by atoms with van der Waals surface area (Å²) in [4.78, 5) is 28.8. The summed E-state index contributed by atoms with van der Waals surface area (Å²) in [5.74, 6) is 2.57. The van der Waals surface area contributed by atoms with Crippen LogP contribution in [0.1, 0.15) is 5.69 Å². The highest BCUT2D eigenvalue weighted by atomic mass is 16.7. The number of H-pyrrole nitrogens is 1. The molecule has 2 aromatic heterocycles. The molecular formula is C20H17N5O5. The standard InChI is InChI=1S/C20H17N5O5/c1-9-10-6-14(27-2)15(28-3)7-12(10)23-19(21-9)25-20-22-11-4-5-13-17(30-8-29-13)16(11)18(26)24-20/h4-7H,8H2,1-3H3,(H2,21,22,23,24,25,26). The fraction of sp³-hybridized carbons (Fsp3) is 0.200. The van der Waals surface area contributed by atoms with Crippen molar-refractivity contribution < 1.29 is 18.9 Å². The van der Waals surface area contributed by atoms with Gasteiger partial charge >= 0.3 is 0 Å². The van der Waals surface area contributed by atoms with Gasteiger partial charge in [0.05, 0.1) is 30.9 Å². The Morgan fingerprint density at radius 2 is 1.83 bits per heavy atom. The van der Waals surface area contributed by atoms with Gasteiger partial charge in [-0.15, -0.1) is 0 Å². The number of methoxy groups -OCH3 is 2. The fourth-order valence-corrected chi connectivity index (χ4v) is 3.42. The molecule has 2 N–H and O–H groups in total. The van der Waals surface area contributed by atoms with Crippen LogP contribution in [0.15, 0.2) is 29.1 Å². The second-order valence-electron chi connectivity index (χ2n) is 6.59.